The lowest BCUT2D eigenvalue weighted by Gasteiger charge is -2.16. The second-order valence-corrected chi connectivity index (χ2v) is 3.59. The van der Waals surface area contributed by atoms with Crippen LogP contribution in [-0.4, -0.2) is 34.1 Å². The minimum absolute atomic E-state index is 0.103. The van der Waals surface area contributed by atoms with Crippen molar-refractivity contribution in [3.8, 4) is 5.75 Å². The molecule has 6 heteroatoms. The number of nitrogens with one attached hydrogen (secondary N) is 1. The van der Waals surface area contributed by atoms with E-state index in [0.29, 0.717) is 5.56 Å². The molecule has 0 fully saturated rings. The molecule has 1 atom stereocenters. The van der Waals surface area contributed by atoms with Crippen LogP contribution >= 0.6 is 0 Å². The number of phenols is 1. The van der Waals surface area contributed by atoms with Gasteiger partial charge in [0, 0.05) is 6.92 Å². The van der Waals surface area contributed by atoms with Gasteiger partial charge in [-0.05, 0) is 24.1 Å². The molecule has 5 nitrogen and oxygen atoms in total. The smallest absolute Gasteiger partial charge is 0.475 e. The fourth-order valence-corrected chi connectivity index (χ4v) is 1.43. The first kappa shape index (κ1) is 12.5. The van der Waals surface area contributed by atoms with E-state index in [0.717, 1.165) is 0 Å². The Morgan fingerprint density at radius 2 is 2.19 bits per heavy atom. The van der Waals surface area contributed by atoms with Gasteiger partial charge in [0.05, 0.1) is 5.94 Å². The van der Waals surface area contributed by atoms with Gasteiger partial charge in [-0.3, -0.25) is 4.79 Å². The van der Waals surface area contributed by atoms with E-state index in [4.69, 9.17) is 10.0 Å². The zero-order valence-electron chi connectivity index (χ0n) is 8.92. The van der Waals surface area contributed by atoms with Gasteiger partial charge < -0.3 is 20.5 Å². The van der Waals surface area contributed by atoms with Crippen molar-refractivity contribution in [2.75, 3.05) is 0 Å². The van der Waals surface area contributed by atoms with Crippen LogP contribution in [0.5, 0.6) is 5.75 Å². The van der Waals surface area contributed by atoms with E-state index in [1.165, 1.54) is 19.1 Å². The fraction of sp³-hybridized carbons (Fsp3) is 0.300. The maximum absolute atomic E-state index is 10.8. The first-order chi connectivity index (χ1) is 7.49. The van der Waals surface area contributed by atoms with Crippen molar-refractivity contribution >= 4 is 13.0 Å². The van der Waals surface area contributed by atoms with Crippen molar-refractivity contribution in [2.24, 2.45) is 0 Å². The van der Waals surface area contributed by atoms with E-state index in [9.17, 15) is 9.90 Å². The van der Waals surface area contributed by atoms with Crippen LogP contribution in [0.2, 0.25) is 0 Å². The number of hydrogen-bond acceptors (Lipinski definition) is 4. The molecule has 0 heterocycles. The normalized spacial score (nSPS) is 11.9. The highest BCUT2D eigenvalue weighted by atomic mass is 16.4. The van der Waals surface area contributed by atoms with Gasteiger partial charge in [0.25, 0.3) is 0 Å². The van der Waals surface area contributed by atoms with Gasteiger partial charge in [-0.1, -0.05) is 12.1 Å². The van der Waals surface area contributed by atoms with Gasteiger partial charge in [0.15, 0.2) is 0 Å². The molecule has 1 aromatic carbocycles. The Kier molecular flexibility index (Phi) is 4.33. The number of aromatic hydroxyl groups is 1. The lowest BCUT2D eigenvalue weighted by Crippen LogP contribution is -2.47. The summed E-state index contributed by atoms with van der Waals surface area (Å²) >= 11 is 0. The summed E-state index contributed by atoms with van der Waals surface area (Å²) in [4.78, 5) is 10.8. The first-order valence-corrected chi connectivity index (χ1v) is 4.90. The molecule has 0 aliphatic heterocycles. The molecule has 1 aromatic rings. The third kappa shape index (κ3) is 3.92. The second kappa shape index (κ2) is 5.53. The van der Waals surface area contributed by atoms with Crippen LogP contribution in [0.15, 0.2) is 24.3 Å². The minimum atomic E-state index is -1.63. The van der Waals surface area contributed by atoms with Gasteiger partial charge >= 0.3 is 7.12 Å². The number of rotatable bonds is 4. The van der Waals surface area contributed by atoms with Crippen LogP contribution in [-0.2, 0) is 11.2 Å². The summed E-state index contributed by atoms with van der Waals surface area (Å²) in [6, 6.07) is 6.42. The molecular formula is C10H14BNO4. The quantitative estimate of drug-likeness (QED) is 0.515. The maximum Gasteiger partial charge on any atom is 0.475 e. The lowest BCUT2D eigenvalue weighted by atomic mass is 9.76. The number of benzene rings is 1. The summed E-state index contributed by atoms with van der Waals surface area (Å²) in [5.41, 5.74) is 0.715. The average Bonchev–Trinajstić information content (AvgIpc) is 2.15. The van der Waals surface area contributed by atoms with Gasteiger partial charge in [-0.15, -0.1) is 0 Å². The van der Waals surface area contributed by atoms with Crippen LogP contribution in [0.25, 0.3) is 0 Å². The average molecular weight is 223 g/mol. The standard InChI is InChI=1S/C10H14BNO4/c1-7(13)12-10(11(15)16)6-8-3-2-4-9(14)5-8/h2-5,10,14-16H,6H2,1H3,(H,12,13)/t10-/m0/s1. The van der Waals surface area contributed by atoms with Crippen LogP contribution in [0.4, 0.5) is 0 Å². The third-order valence-corrected chi connectivity index (χ3v) is 2.11. The van der Waals surface area contributed by atoms with Gasteiger partial charge in [-0.2, -0.15) is 0 Å². The Labute approximate surface area is 93.9 Å². The largest absolute Gasteiger partial charge is 0.508 e. The van der Waals surface area contributed by atoms with Crippen LogP contribution in [0, 0.1) is 0 Å². The second-order valence-electron chi connectivity index (χ2n) is 3.59. The summed E-state index contributed by atoms with van der Waals surface area (Å²) in [7, 11) is -1.63. The highest BCUT2D eigenvalue weighted by molar-refractivity contribution is 6.43. The van der Waals surface area contributed by atoms with Gasteiger partial charge in [0.2, 0.25) is 5.91 Å². The van der Waals surface area contributed by atoms with E-state index >= 15 is 0 Å². The molecular weight excluding hydrogens is 209 g/mol. The molecule has 4 N–H and O–H groups in total. The van der Waals surface area contributed by atoms with E-state index < -0.39 is 13.1 Å². The van der Waals surface area contributed by atoms with Crippen molar-refractivity contribution < 1.29 is 19.9 Å². The van der Waals surface area contributed by atoms with Crippen LogP contribution in [0.1, 0.15) is 12.5 Å². The maximum atomic E-state index is 10.8. The molecule has 0 spiro atoms. The number of phenolic OH excluding ortho intramolecular Hbond substituents is 1. The number of carbonyl (C=O) groups excluding carboxylic acids is 1. The minimum Gasteiger partial charge on any atom is -0.508 e. The Bertz CT molecular complexity index is 370. The van der Waals surface area contributed by atoms with E-state index in [1.54, 1.807) is 12.1 Å². The molecule has 0 aliphatic rings. The van der Waals surface area contributed by atoms with Crippen molar-refractivity contribution in [2.45, 2.75) is 19.3 Å². The topological polar surface area (TPSA) is 89.8 Å². The highest BCUT2D eigenvalue weighted by Gasteiger charge is 2.24. The van der Waals surface area contributed by atoms with Crippen molar-refractivity contribution in [1.29, 1.82) is 0 Å². The molecule has 0 bridgehead atoms. The zero-order valence-corrected chi connectivity index (χ0v) is 8.92. The molecule has 1 rings (SSSR count). The summed E-state index contributed by atoms with van der Waals surface area (Å²) in [5.74, 6) is -1.01. The summed E-state index contributed by atoms with van der Waals surface area (Å²) in [6.45, 7) is 1.30. The SMILES string of the molecule is CC(=O)N[C@@H](Cc1cccc(O)c1)B(O)O. The van der Waals surface area contributed by atoms with E-state index in [1.807, 2.05) is 0 Å². The molecule has 86 valence electrons. The Morgan fingerprint density at radius 1 is 1.50 bits per heavy atom. The molecule has 0 saturated carbocycles. The molecule has 0 aliphatic carbocycles. The van der Waals surface area contributed by atoms with Crippen molar-refractivity contribution in [3.05, 3.63) is 29.8 Å². The van der Waals surface area contributed by atoms with E-state index in [-0.39, 0.29) is 18.1 Å². The Balaban J connectivity index is 2.71. The molecule has 16 heavy (non-hydrogen) atoms. The fourth-order valence-electron chi connectivity index (χ4n) is 1.43. The molecule has 1 amide bonds. The monoisotopic (exact) mass is 223 g/mol. The number of hydrogen-bond donors (Lipinski definition) is 4. The first-order valence-electron chi connectivity index (χ1n) is 4.90. The molecule has 0 aromatic heterocycles. The van der Waals surface area contributed by atoms with Gasteiger partial charge in [-0.25, -0.2) is 0 Å². The predicted molar refractivity (Wildman–Crippen MR) is 59.6 cm³/mol. The molecule has 0 unspecified atom stereocenters. The van der Waals surface area contributed by atoms with Crippen LogP contribution in [0.3, 0.4) is 0 Å². The summed E-state index contributed by atoms with van der Waals surface area (Å²) in [6.07, 6.45) is 0.242. The Morgan fingerprint density at radius 3 is 2.69 bits per heavy atom. The number of carbonyl (C=O) groups is 1. The van der Waals surface area contributed by atoms with Gasteiger partial charge in [0.1, 0.15) is 5.75 Å². The third-order valence-electron chi connectivity index (χ3n) is 2.11. The van der Waals surface area contributed by atoms with Crippen molar-refractivity contribution in [1.82, 2.24) is 5.32 Å². The summed E-state index contributed by atoms with van der Waals surface area (Å²) < 4.78 is 0. The highest BCUT2D eigenvalue weighted by Crippen LogP contribution is 2.12. The number of amides is 1. The molecule has 0 radical (unpaired) electrons. The predicted octanol–water partition coefficient (Wildman–Crippen LogP) is -0.549. The summed E-state index contributed by atoms with van der Waals surface area (Å²) in [5, 5.41) is 29.8. The van der Waals surface area contributed by atoms with Crippen LogP contribution < -0.4 is 5.32 Å². The lowest BCUT2D eigenvalue weighted by molar-refractivity contribution is -0.119. The van der Waals surface area contributed by atoms with E-state index in [2.05, 4.69) is 5.32 Å². The Hall–Kier alpha value is -1.53. The molecule has 0 saturated heterocycles. The zero-order chi connectivity index (χ0) is 12.1. The van der Waals surface area contributed by atoms with Crippen molar-refractivity contribution in [3.63, 3.8) is 0 Å².